The van der Waals surface area contributed by atoms with Crippen LogP contribution in [0.5, 0.6) is 0 Å². The van der Waals surface area contributed by atoms with Crippen molar-refractivity contribution in [3.8, 4) is 11.3 Å². The van der Waals surface area contributed by atoms with Gasteiger partial charge in [-0.1, -0.05) is 17.3 Å². The van der Waals surface area contributed by atoms with E-state index >= 15 is 0 Å². The quantitative estimate of drug-likeness (QED) is 0.778. The van der Waals surface area contributed by atoms with Gasteiger partial charge in [0, 0.05) is 19.2 Å². The lowest BCUT2D eigenvalue weighted by molar-refractivity contribution is -0.184. The largest absolute Gasteiger partial charge is 0.393 e. The van der Waals surface area contributed by atoms with Gasteiger partial charge in [-0.3, -0.25) is 4.79 Å². The van der Waals surface area contributed by atoms with Crippen molar-refractivity contribution < 1.29 is 26.9 Å². The number of likely N-dealkylation sites (tertiary alicyclic amines) is 1. The summed E-state index contributed by atoms with van der Waals surface area (Å²) in [6.45, 7) is -0.169. The molecule has 1 saturated heterocycles. The minimum atomic E-state index is -4.33. The minimum Gasteiger partial charge on any atom is -0.355 e. The van der Waals surface area contributed by atoms with Gasteiger partial charge in [0.2, 0.25) is 0 Å². The number of carbonyl (C=O) groups excluding carboxylic acids is 1. The Labute approximate surface area is 135 Å². The third-order valence-corrected chi connectivity index (χ3v) is 4.04. The van der Waals surface area contributed by atoms with Gasteiger partial charge in [0.25, 0.3) is 5.91 Å². The molecule has 1 aromatic heterocycles. The van der Waals surface area contributed by atoms with Crippen LogP contribution in [0.15, 0.2) is 34.9 Å². The smallest absolute Gasteiger partial charge is 0.355 e. The van der Waals surface area contributed by atoms with Crippen LogP contribution in [0.1, 0.15) is 23.3 Å². The fourth-order valence-electron chi connectivity index (χ4n) is 2.75. The first-order valence-electron chi connectivity index (χ1n) is 7.44. The second kappa shape index (κ2) is 6.26. The molecule has 1 aliphatic heterocycles. The van der Waals surface area contributed by atoms with Crippen LogP contribution in [0.2, 0.25) is 0 Å². The Bertz CT molecular complexity index is 742. The molecule has 4 nitrogen and oxygen atoms in total. The molecular weight excluding hydrogens is 328 g/mol. The Balaban J connectivity index is 1.78. The average Bonchev–Trinajstić information content (AvgIpc) is 3.03. The predicted molar refractivity (Wildman–Crippen MR) is 76.6 cm³/mol. The van der Waals surface area contributed by atoms with Crippen LogP contribution in [0, 0.1) is 11.7 Å². The normalized spacial score (nSPS) is 18.7. The predicted octanol–water partition coefficient (Wildman–Crippen LogP) is 3.90. The molecule has 0 N–H and O–H groups in total. The maximum Gasteiger partial charge on any atom is 0.393 e. The molecule has 1 amide bonds. The Morgan fingerprint density at radius 1 is 1.29 bits per heavy atom. The van der Waals surface area contributed by atoms with Crippen molar-refractivity contribution in [3.63, 3.8) is 0 Å². The number of hydrogen-bond donors (Lipinski definition) is 0. The molecule has 0 unspecified atom stereocenters. The molecule has 0 saturated carbocycles. The third kappa shape index (κ3) is 3.27. The van der Waals surface area contributed by atoms with Crippen LogP contribution < -0.4 is 0 Å². The number of carbonyl (C=O) groups is 1. The summed E-state index contributed by atoms with van der Waals surface area (Å²) in [5.74, 6) is -2.66. The van der Waals surface area contributed by atoms with Gasteiger partial charge in [-0.25, -0.2) is 4.39 Å². The first-order chi connectivity index (χ1) is 11.4. The number of halogens is 4. The van der Waals surface area contributed by atoms with Crippen molar-refractivity contribution in [1.82, 2.24) is 10.1 Å². The van der Waals surface area contributed by atoms with Gasteiger partial charge < -0.3 is 9.42 Å². The van der Waals surface area contributed by atoms with E-state index in [0.717, 1.165) is 4.90 Å². The Kier molecular flexibility index (Phi) is 4.29. The summed E-state index contributed by atoms with van der Waals surface area (Å²) >= 11 is 0. The zero-order valence-electron chi connectivity index (χ0n) is 12.5. The molecule has 2 aromatic rings. The van der Waals surface area contributed by atoms with Crippen LogP contribution in [-0.2, 0) is 0 Å². The van der Waals surface area contributed by atoms with Crippen LogP contribution >= 0.6 is 0 Å². The number of benzene rings is 1. The highest BCUT2D eigenvalue weighted by Gasteiger charge is 2.43. The highest BCUT2D eigenvalue weighted by molar-refractivity contribution is 5.93. The number of piperidine rings is 1. The van der Waals surface area contributed by atoms with E-state index in [4.69, 9.17) is 4.52 Å². The monoisotopic (exact) mass is 342 g/mol. The summed E-state index contributed by atoms with van der Waals surface area (Å²) in [4.78, 5) is 13.5. The van der Waals surface area contributed by atoms with E-state index in [1.54, 1.807) is 6.07 Å². The second-order valence-electron chi connectivity index (χ2n) is 5.69. The van der Waals surface area contributed by atoms with Crippen LogP contribution in [-0.4, -0.2) is 35.2 Å². The molecular formula is C16H14F4N2O2. The van der Waals surface area contributed by atoms with Crippen LogP contribution in [0.4, 0.5) is 17.6 Å². The number of aromatic nitrogens is 1. The molecule has 1 aliphatic rings. The van der Waals surface area contributed by atoms with E-state index in [1.807, 2.05) is 0 Å². The van der Waals surface area contributed by atoms with Gasteiger partial charge in [-0.05, 0) is 25.0 Å². The van der Waals surface area contributed by atoms with Crippen LogP contribution in [0.3, 0.4) is 0 Å². The lowest BCUT2D eigenvalue weighted by atomic mass is 9.97. The molecule has 0 radical (unpaired) electrons. The molecule has 8 heteroatoms. The molecule has 24 heavy (non-hydrogen) atoms. The molecule has 1 fully saturated rings. The van der Waals surface area contributed by atoms with Crippen molar-refractivity contribution in [2.45, 2.75) is 19.0 Å². The maximum atomic E-state index is 13.7. The average molecular weight is 342 g/mol. The summed E-state index contributed by atoms with van der Waals surface area (Å²) in [7, 11) is 0. The summed E-state index contributed by atoms with van der Waals surface area (Å²) < 4.78 is 57.2. The second-order valence-corrected chi connectivity index (χ2v) is 5.69. The molecule has 1 atom stereocenters. The summed E-state index contributed by atoms with van der Waals surface area (Å²) in [5, 5.41) is 3.58. The van der Waals surface area contributed by atoms with Crippen LogP contribution in [0.25, 0.3) is 11.3 Å². The van der Waals surface area contributed by atoms with Crippen molar-refractivity contribution in [1.29, 1.82) is 0 Å². The highest BCUT2D eigenvalue weighted by atomic mass is 19.4. The van der Waals surface area contributed by atoms with Crippen molar-refractivity contribution >= 4 is 5.91 Å². The Morgan fingerprint density at radius 2 is 2.04 bits per heavy atom. The zero-order chi connectivity index (χ0) is 17.3. The standard InChI is InChI=1S/C16H14F4N2O2/c17-12-6-2-1-5-11(12)14-8-13(21-24-14)15(23)22-7-3-4-10(9-22)16(18,19)20/h1-2,5-6,8,10H,3-4,7,9H2/t10-/m1/s1. The molecule has 128 valence electrons. The van der Waals surface area contributed by atoms with Crippen molar-refractivity contribution in [2.24, 2.45) is 5.92 Å². The highest BCUT2D eigenvalue weighted by Crippen LogP contribution is 2.33. The molecule has 0 spiro atoms. The van der Waals surface area contributed by atoms with Crippen molar-refractivity contribution in [2.75, 3.05) is 13.1 Å². The molecule has 0 aliphatic carbocycles. The lowest BCUT2D eigenvalue weighted by Gasteiger charge is -2.33. The summed E-state index contributed by atoms with van der Waals surface area (Å²) in [5.41, 5.74) is 0.00643. The van der Waals surface area contributed by atoms with Gasteiger partial charge in [0.15, 0.2) is 11.5 Å². The third-order valence-electron chi connectivity index (χ3n) is 4.04. The fraction of sp³-hybridized carbons (Fsp3) is 0.375. The van der Waals surface area contributed by atoms with Gasteiger partial charge in [0.1, 0.15) is 5.82 Å². The fourth-order valence-corrected chi connectivity index (χ4v) is 2.75. The lowest BCUT2D eigenvalue weighted by Crippen LogP contribution is -2.44. The maximum absolute atomic E-state index is 13.7. The number of rotatable bonds is 2. The zero-order valence-corrected chi connectivity index (χ0v) is 12.5. The van der Waals surface area contributed by atoms with E-state index in [-0.39, 0.29) is 36.4 Å². The van der Waals surface area contributed by atoms with Gasteiger partial charge in [-0.2, -0.15) is 13.2 Å². The van der Waals surface area contributed by atoms with E-state index < -0.39 is 30.4 Å². The molecule has 1 aromatic carbocycles. The molecule has 3 rings (SSSR count). The molecule has 0 bridgehead atoms. The van der Waals surface area contributed by atoms with E-state index in [1.165, 1.54) is 24.3 Å². The Morgan fingerprint density at radius 3 is 2.75 bits per heavy atom. The summed E-state index contributed by atoms with van der Waals surface area (Å²) in [6.07, 6.45) is -4.05. The SMILES string of the molecule is O=C(c1cc(-c2ccccc2F)on1)N1CCC[C@@H](C(F)(F)F)C1. The summed E-state index contributed by atoms with van der Waals surface area (Å²) in [6, 6.07) is 7.05. The first-order valence-corrected chi connectivity index (χ1v) is 7.44. The minimum absolute atomic E-state index is 0.00652. The number of nitrogens with zero attached hydrogens (tertiary/aromatic N) is 2. The Hall–Kier alpha value is -2.38. The molecule has 2 heterocycles. The van der Waals surface area contributed by atoms with E-state index in [9.17, 15) is 22.4 Å². The number of alkyl halides is 3. The van der Waals surface area contributed by atoms with Gasteiger partial charge in [0.05, 0.1) is 11.5 Å². The number of hydrogen-bond acceptors (Lipinski definition) is 3. The van der Waals surface area contributed by atoms with Gasteiger partial charge >= 0.3 is 6.18 Å². The number of amides is 1. The topological polar surface area (TPSA) is 46.3 Å². The van der Waals surface area contributed by atoms with E-state index in [0.29, 0.717) is 0 Å². The van der Waals surface area contributed by atoms with E-state index in [2.05, 4.69) is 5.16 Å². The first kappa shape index (κ1) is 16.5. The van der Waals surface area contributed by atoms with Gasteiger partial charge in [-0.15, -0.1) is 0 Å². The van der Waals surface area contributed by atoms with Crippen molar-refractivity contribution in [3.05, 3.63) is 41.8 Å².